The molecule has 0 aliphatic carbocycles. The number of carbonyl (C=O) groups is 1. The molecule has 0 aromatic heterocycles. The summed E-state index contributed by atoms with van der Waals surface area (Å²) in [6, 6.07) is 0. The van der Waals surface area contributed by atoms with Gasteiger partial charge >= 0.3 is 0 Å². The van der Waals surface area contributed by atoms with Crippen LogP contribution in [0.15, 0.2) is 0 Å². The second-order valence-corrected chi connectivity index (χ2v) is 2.20. The molecule has 0 atom stereocenters. The van der Waals surface area contributed by atoms with Crippen molar-refractivity contribution in [2.75, 3.05) is 0 Å². The van der Waals surface area contributed by atoms with Gasteiger partial charge in [-0.05, 0) is 6.92 Å². The fraction of sp³-hybridized carbons (Fsp3) is 0.875. The van der Waals surface area contributed by atoms with Crippen LogP contribution in [-0.4, -0.2) is 5.97 Å². The summed E-state index contributed by atoms with van der Waals surface area (Å²) in [5.74, 6) is -1.08. The molecule has 0 unspecified atom stereocenters. The van der Waals surface area contributed by atoms with Gasteiger partial charge in [-0.3, -0.25) is 0 Å². The van der Waals surface area contributed by atoms with Crippen LogP contribution >= 0.6 is 0 Å². The fourth-order valence-corrected chi connectivity index (χ4v) is 0.500. The minimum Gasteiger partial charge on any atom is -0.550 e. The van der Waals surface area contributed by atoms with Gasteiger partial charge in [-0.15, -0.1) is 0 Å². The molecule has 0 bridgehead atoms. The van der Waals surface area contributed by atoms with Crippen molar-refractivity contribution in [3.05, 3.63) is 0 Å². The van der Waals surface area contributed by atoms with Crippen LogP contribution in [0.1, 0.15) is 46.5 Å². The molecule has 0 aliphatic heterocycles. The van der Waals surface area contributed by atoms with E-state index >= 15 is 0 Å². The second-order valence-electron chi connectivity index (χ2n) is 2.20. The molecular formula is C8H17O2-. The lowest BCUT2D eigenvalue weighted by atomic mass is 10.2. The summed E-state index contributed by atoms with van der Waals surface area (Å²) in [5.41, 5.74) is 0. The van der Waals surface area contributed by atoms with Gasteiger partial charge in [0.2, 0.25) is 0 Å². The maximum atomic E-state index is 8.89. The smallest absolute Gasteiger partial charge is 0.0383 e. The van der Waals surface area contributed by atoms with Crippen LogP contribution in [0, 0.1) is 0 Å². The van der Waals surface area contributed by atoms with Gasteiger partial charge in [0.1, 0.15) is 0 Å². The quantitative estimate of drug-likeness (QED) is 0.562. The van der Waals surface area contributed by atoms with E-state index in [1.807, 2.05) is 0 Å². The maximum Gasteiger partial charge on any atom is 0.0383 e. The summed E-state index contributed by atoms with van der Waals surface area (Å²) < 4.78 is 0. The molecule has 0 aliphatic rings. The van der Waals surface area contributed by atoms with Gasteiger partial charge in [-0.2, -0.15) is 0 Å². The highest BCUT2D eigenvalue weighted by molar-refractivity contribution is 5.60. The summed E-state index contributed by atoms with van der Waals surface area (Å²) >= 11 is 0. The van der Waals surface area contributed by atoms with Crippen LogP contribution in [0.4, 0.5) is 0 Å². The SMILES string of the molecule is CC(=O)[O-].CCCCCC. The predicted molar refractivity (Wildman–Crippen MR) is 40.5 cm³/mol. The lowest BCUT2D eigenvalue weighted by Crippen LogP contribution is -2.16. The number of carboxylic acids is 1. The van der Waals surface area contributed by atoms with Gasteiger partial charge in [0.25, 0.3) is 0 Å². The first-order valence-electron chi connectivity index (χ1n) is 3.82. The Bertz CT molecular complexity index is 61.7. The Kier molecular flexibility index (Phi) is 13.7. The summed E-state index contributed by atoms with van der Waals surface area (Å²) in [6.45, 7) is 5.44. The molecule has 0 aromatic carbocycles. The maximum absolute atomic E-state index is 8.89. The molecule has 10 heavy (non-hydrogen) atoms. The van der Waals surface area contributed by atoms with Crippen molar-refractivity contribution in [3.63, 3.8) is 0 Å². The molecule has 0 fully saturated rings. The molecule has 0 N–H and O–H groups in total. The standard InChI is InChI=1S/C6H14.C2H4O2/c1-3-5-6-4-2;1-2(3)4/h3-6H2,1-2H3;1H3,(H,3,4)/p-1. The van der Waals surface area contributed by atoms with Crippen molar-refractivity contribution in [2.45, 2.75) is 46.5 Å². The summed E-state index contributed by atoms with van der Waals surface area (Å²) in [6.07, 6.45) is 5.54. The molecule has 0 rings (SSSR count). The Morgan fingerprint density at radius 1 is 1.20 bits per heavy atom. The molecule has 0 radical (unpaired) electrons. The first-order chi connectivity index (χ1) is 4.65. The molecule has 62 valence electrons. The van der Waals surface area contributed by atoms with Gasteiger partial charge in [0.15, 0.2) is 0 Å². The van der Waals surface area contributed by atoms with Gasteiger partial charge in [-0.25, -0.2) is 0 Å². The number of rotatable bonds is 3. The molecule has 0 amide bonds. The average Bonchev–Trinajstić information content (AvgIpc) is 1.82. The molecule has 0 aromatic rings. The lowest BCUT2D eigenvalue weighted by Gasteiger charge is -1.86. The molecule has 2 nitrogen and oxygen atoms in total. The molecule has 0 saturated carbocycles. The van der Waals surface area contributed by atoms with Crippen LogP contribution in [-0.2, 0) is 4.79 Å². The van der Waals surface area contributed by atoms with Crippen molar-refractivity contribution in [2.24, 2.45) is 0 Å². The van der Waals surface area contributed by atoms with E-state index in [-0.39, 0.29) is 0 Å². The molecule has 0 saturated heterocycles. The zero-order valence-electron chi connectivity index (χ0n) is 7.14. The normalized spacial score (nSPS) is 7.90. The summed E-state index contributed by atoms with van der Waals surface area (Å²) in [5, 5.41) is 8.89. The average molecular weight is 145 g/mol. The summed E-state index contributed by atoms with van der Waals surface area (Å²) in [7, 11) is 0. The van der Waals surface area contributed by atoms with Crippen molar-refractivity contribution in [1.29, 1.82) is 0 Å². The van der Waals surface area contributed by atoms with Gasteiger partial charge in [0, 0.05) is 5.97 Å². The number of carboxylic acid groups (broad SMARTS) is 1. The molecule has 2 heteroatoms. The molecular weight excluding hydrogens is 128 g/mol. The third kappa shape index (κ3) is 51.3. The van der Waals surface area contributed by atoms with Crippen molar-refractivity contribution < 1.29 is 9.90 Å². The van der Waals surface area contributed by atoms with Crippen LogP contribution in [0.5, 0.6) is 0 Å². The van der Waals surface area contributed by atoms with E-state index in [2.05, 4.69) is 13.8 Å². The minimum absolute atomic E-state index is 0.972. The lowest BCUT2D eigenvalue weighted by molar-refractivity contribution is -0.302. The van der Waals surface area contributed by atoms with E-state index < -0.39 is 5.97 Å². The summed E-state index contributed by atoms with van der Waals surface area (Å²) in [4.78, 5) is 8.89. The topological polar surface area (TPSA) is 40.1 Å². The Hall–Kier alpha value is -0.530. The number of hydrogen-bond acceptors (Lipinski definition) is 2. The van der Waals surface area contributed by atoms with Gasteiger partial charge in [0.05, 0.1) is 0 Å². The van der Waals surface area contributed by atoms with E-state index in [0.29, 0.717) is 0 Å². The van der Waals surface area contributed by atoms with E-state index in [0.717, 1.165) is 6.92 Å². The van der Waals surface area contributed by atoms with Gasteiger partial charge in [-0.1, -0.05) is 39.5 Å². The van der Waals surface area contributed by atoms with Crippen molar-refractivity contribution in [3.8, 4) is 0 Å². The van der Waals surface area contributed by atoms with E-state index in [4.69, 9.17) is 9.90 Å². The highest BCUT2D eigenvalue weighted by Gasteiger charge is 1.75. The number of carbonyl (C=O) groups excluding carboxylic acids is 1. The number of aliphatic carboxylic acids is 1. The first-order valence-corrected chi connectivity index (χ1v) is 3.82. The van der Waals surface area contributed by atoms with Crippen LogP contribution < -0.4 is 5.11 Å². The predicted octanol–water partition coefficient (Wildman–Crippen LogP) is 1.34. The minimum atomic E-state index is -1.08. The van der Waals surface area contributed by atoms with Crippen molar-refractivity contribution >= 4 is 5.97 Å². The number of hydrogen-bond donors (Lipinski definition) is 0. The monoisotopic (exact) mass is 145 g/mol. The van der Waals surface area contributed by atoms with E-state index in [1.165, 1.54) is 25.7 Å². The highest BCUT2D eigenvalue weighted by Crippen LogP contribution is 1.95. The third-order valence-electron chi connectivity index (χ3n) is 0.957. The van der Waals surface area contributed by atoms with Crippen LogP contribution in [0.2, 0.25) is 0 Å². The Morgan fingerprint density at radius 3 is 1.50 bits per heavy atom. The molecule has 0 spiro atoms. The van der Waals surface area contributed by atoms with Crippen LogP contribution in [0.3, 0.4) is 0 Å². The Morgan fingerprint density at radius 2 is 1.40 bits per heavy atom. The second kappa shape index (κ2) is 11.3. The molecule has 0 heterocycles. The van der Waals surface area contributed by atoms with Crippen molar-refractivity contribution in [1.82, 2.24) is 0 Å². The Balaban J connectivity index is 0. The zero-order valence-corrected chi connectivity index (χ0v) is 7.14. The third-order valence-corrected chi connectivity index (χ3v) is 0.957. The highest BCUT2D eigenvalue weighted by atomic mass is 16.4. The fourth-order valence-electron chi connectivity index (χ4n) is 0.500. The largest absolute Gasteiger partial charge is 0.550 e. The Labute approximate surface area is 63.3 Å². The van der Waals surface area contributed by atoms with E-state index in [1.54, 1.807) is 0 Å². The van der Waals surface area contributed by atoms with Gasteiger partial charge < -0.3 is 9.90 Å². The zero-order chi connectivity index (χ0) is 8.41. The number of unbranched alkanes of at least 4 members (excludes halogenated alkanes) is 3. The van der Waals surface area contributed by atoms with E-state index in [9.17, 15) is 0 Å². The first kappa shape index (κ1) is 12.2. The van der Waals surface area contributed by atoms with Crippen LogP contribution in [0.25, 0.3) is 0 Å².